The quantitative estimate of drug-likeness (QED) is 0.177. The average molecular weight is 625 g/mol. The van der Waals surface area contributed by atoms with E-state index in [1.807, 2.05) is 0 Å². The summed E-state index contributed by atoms with van der Waals surface area (Å²) < 4.78 is 7.14. The van der Waals surface area contributed by atoms with E-state index in [4.69, 9.17) is 4.74 Å². The molecular weight excluding hydrogens is 593 g/mol. The predicted molar refractivity (Wildman–Crippen MR) is 202 cm³/mol. The van der Waals surface area contributed by atoms with Crippen LogP contribution in [-0.2, 0) is 10.8 Å². The van der Waals surface area contributed by atoms with Crippen LogP contribution in [0.3, 0.4) is 0 Å². The molecule has 1 nitrogen and oxygen atoms in total. The maximum Gasteiger partial charge on any atom is 0.140 e. The summed E-state index contributed by atoms with van der Waals surface area (Å²) in [7, 11) is 0. The zero-order valence-corrected chi connectivity index (χ0v) is 27.4. The van der Waals surface area contributed by atoms with E-state index >= 15 is 0 Å². The molecule has 1 spiro atoms. The molecule has 3 aliphatic rings. The van der Waals surface area contributed by atoms with Crippen LogP contribution in [0.25, 0.3) is 54.9 Å². The Balaban J connectivity index is 1.23. The zero-order valence-electron chi connectivity index (χ0n) is 27.4. The van der Waals surface area contributed by atoms with E-state index in [1.54, 1.807) is 0 Å². The summed E-state index contributed by atoms with van der Waals surface area (Å²) in [5, 5.41) is 4.64. The molecule has 0 saturated carbocycles. The zero-order chi connectivity index (χ0) is 32.5. The number of fused-ring (bicyclic) bond motifs is 16. The van der Waals surface area contributed by atoms with Gasteiger partial charge in [-0.1, -0.05) is 159 Å². The van der Waals surface area contributed by atoms with Gasteiger partial charge < -0.3 is 4.74 Å². The lowest BCUT2D eigenvalue weighted by molar-refractivity contribution is 0.447. The molecule has 11 rings (SSSR count). The summed E-state index contributed by atoms with van der Waals surface area (Å²) in [4.78, 5) is 0. The van der Waals surface area contributed by atoms with Gasteiger partial charge in [-0.3, -0.25) is 0 Å². The third kappa shape index (κ3) is 3.35. The van der Waals surface area contributed by atoms with Gasteiger partial charge in [-0.2, -0.15) is 0 Å². The SMILES string of the molecule is CC1(C)c2ccccc2-c2ccc(-c3ccc4c(c3)C3(c5ccccc5-4)c4ccc5ccccc5c4Oc4c3ccc3ccccc43)cc21. The van der Waals surface area contributed by atoms with Crippen molar-refractivity contribution in [3.63, 3.8) is 0 Å². The van der Waals surface area contributed by atoms with Gasteiger partial charge in [-0.25, -0.2) is 0 Å². The molecular formula is C48H32O. The average Bonchev–Trinajstić information content (AvgIpc) is 3.57. The molecule has 8 aromatic rings. The highest BCUT2D eigenvalue weighted by atomic mass is 16.5. The summed E-state index contributed by atoms with van der Waals surface area (Å²) in [6.07, 6.45) is 0. The summed E-state index contributed by atoms with van der Waals surface area (Å²) in [6, 6.07) is 58.6. The van der Waals surface area contributed by atoms with Gasteiger partial charge in [0.25, 0.3) is 0 Å². The highest BCUT2D eigenvalue weighted by Gasteiger charge is 2.52. The molecule has 0 aromatic heterocycles. The van der Waals surface area contributed by atoms with Crippen LogP contribution in [0.1, 0.15) is 47.2 Å². The van der Waals surface area contributed by atoms with Gasteiger partial charge in [-0.05, 0) is 78.5 Å². The Labute approximate surface area is 286 Å². The Kier molecular flexibility index (Phi) is 5.17. The van der Waals surface area contributed by atoms with E-state index in [9.17, 15) is 0 Å². The van der Waals surface area contributed by atoms with Crippen molar-refractivity contribution in [3.05, 3.63) is 191 Å². The molecule has 1 heterocycles. The minimum atomic E-state index is -0.550. The lowest BCUT2D eigenvalue weighted by Gasteiger charge is -2.40. The van der Waals surface area contributed by atoms with Gasteiger partial charge in [0.2, 0.25) is 0 Å². The fourth-order valence-electron chi connectivity index (χ4n) is 9.47. The molecule has 230 valence electrons. The number of rotatable bonds is 1. The van der Waals surface area contributed by atoms with Crippen LogP contribution in [0.5, 0.6) is 11.5 Å². The fourth-order valence-corrected chi connectivity index (χ4v) is 9.47. The molecule has 0 N–H and O–H groups in total. The summed E-state index contributed by atoms with van der Waals surface area (Å²) in [5.41, 5.74) is 15.0. The van der Waals surface area contributed by atoms with Crippen molar-refractivity contribution >= 4 is 21.5 Å². The number of benzene rings is 8. The van der Waals surface area contributed by atoms with Crippen molar-refractivity contribution in [2.24, 2.45) is 0 Å². The maximum absolute atomic E-state index is 7.14. The molecule has 0 bridgehead atoms. The molecule has 2 aliphatic carbocycles. The lowest BCUT2D eigenvalue weighted by Crippen LogP contribution is -2.32. The van der Waals surface area contributed by atoms with Crippen LogP contribution in [0.4, 0.5) is 0 Å². The maximum atomic E-state index is 7.14. The van der Waals surface area contributed by atoms with Crippen LogP contribution in [0, 0.1) is 0 Å². The molecule has 0 fully saturated rings. The molecule has 0 amide bonds. The van der Waals surface area contributed by atoms with E-state index in [2.05, 4.69) is 172 Å². The van der Waals surface area contributed by atoms with Gasteiger partial charge in [0.05, 0.1) is 5.41 Å². The van der Waals surface area contributed by atoms with Crippen LogP contribution in [0.2, 0.25) is 0 Å². The molecule has 8 aromatic carbocycles. The Morgan fingerprint density at radius 3 is 1.47 bits per heavy atom. The Hall–Kier alpha value is -5.92. The fraction of sp³-hybridized carbons (Fsp3) is 0.0833. The third-order valence-corrected chi connectivity index (χ3v) is 11.7. The molecule has 1 heteroatoms. The molecule has 0 atom stereocenters. The van der Waals surface area contributed by atoms with E-state index in [0.717, 1.165) is 22.3 Å². The summed E-state index contributed by atoms with van der Waals surface area (Å²) in [6.45, 7) is 4.72. The van der Waals surface area contributed by atoms with Gasteiger partial charge >= 0.3 is 0 Å². The third-order valence-electron chi connectivity index (χ3n) is 11.7. The van der Waals surface area contributed by atoms with Crippen LogP contribution < -0.4 is 4.74 Å². The van der Waals surface area contributed by atoms with Crippen molar-refractivity contribution in [1.82, 2.24) is 0 Å². The molecule has 0 saturated heterocycles. The topological polar surface area (TPSA) is 9.23 Å². The minimum Gasteiger partial charge on any atom is -0.455 e. The number of hydrogen-bond donors (Lipinski definition) is 0. The van der Waals surface area contributed by atoms with E-state index in [1.165, 1.54) is 77.5 Å². The molecule has 49 heavy (non-hydrogen) atoms. The van der Waals surface area contributed by atoms with Crippen molar-refractivity contribution in [1.29, 1.82) is 0 Å². The molecule has 1 aliphatic heterocycles. The van der Waals surface area contributed by atoms with Crippen LogP contribution >= 0.6 is 0 Å². The Morgan fingerprint density at radius 2 is 0.837 bits per heavy atom. The van der Waals surface area contributed by atoms with Crippen molar-refractivity contribution in [2.45, 2.75) is 24.7 Å². The van der Waals surface area contributed by atoms with Gasteiger partial charge in [0.1, 0.15) is 11.5 Å². The first-order chi connectivity index (χ1) is 24.0. The predicted octanol–water partition coefficient (Wildman–Crippen LogP) is 12.4. The normalized spacial score (nSPS) is 15.2. The van der Waals surface area contributed by atoms with E-state index in [0.29, 0.717) is 0 Å². The second-order valence-corrected chi connectivity index (χ2v) is 14.4. The van der Waals surface area contributed by atoms with Gasteiger partial charge in [-0.15, -0.1) is 0 Å². The lowest BCUT2D eigenvalue weighted by atomic mass is 9.65. The Morgan fingerprint density at radius 1 is 0.367 bits per heavy atom. The first-order valence-corrected chi connectivity index (χ1v) is 17.3. The van der Waals surface area contributed by atoms with Crippen molar-refractivity contribution < 1.29 is 4.74 Å². The number of hydrogen-bond acceptors (Lipinski definition) is 1. The molecule has 0 radical (unpaired) electrons. The molecule has 0 unspecified atom stereocenters. The second-order valence-electron chi connectivity index (χ2n) is 14.4. The highest BCUT2D eigenvalue weighted by Crippen LogP contribution is 2.64. The van der Waals surface area contributed by atoms with E-state index in [-0.39, 0.29) is 5.41 Å². The minimum absolute atomic E-state index is 0.0587. The van der Waals surface area contributed by atoms with E-state index < -0.39 is 5.41 Å². The largest absolute Gasteiger partial charge is 0.455 e. The second kappa shape index (κ2) is 9.36. The van der Waals surface area contributed by atoms with Gasteiger partial charge in [0, 0.05) is 27.3 Å². The highest BCUT2D eigenvalue weighted by molar-refractivity contribution is 6.00. The number of ether oxygens (including phenoxy) is 1. The van der Waals surface area contributed by atoms with Crippen LogP contribution in [0.15, 0.2) is 158 Å². The van der Waals surface area contributed by atoms with Crippen molar-refractivity contribution in [3.8, 4) is 44.9 Å². The monoisotopic (exact) mass is 624 g/mol. The summed E-state index contributed by atoms with van der Waals surface area (Å²) >= 11 is 0. The smallest absolute Gasteiger partial charge is 0.140 e. The summed E-state index contributed by atoms with van der Waals surface area (Å²) in [5.74, 6) is 1.90. The first kappa shape index (κ1) is 27.1. The standard InChI is InChI=1S/C48H32O/c1-47(2)39-17-9-7-15-35(39)37-23-19-31(27-43(37)47)32-20-24-38-36-16-8-10-18-40(36)48(44(38)28-32)41-25-21-29-11-3-5-13-33(29)45(41)49-46-34-14-6-4-12-30(34)22-26-42(46)48/h3-28H,1-2H3. The van der Waals surface area contributed by atoms with Crippen molar-refractivity contribution in [2.75, 3.05) is 0 Å². The van der Waals surface area contributed by atoms with Crippen LogP contribution in [-0.4, -0.2) is 0 Å². The Bertz CT molecular complexity index is 2640. The first-order valence-electron chi connectivity index (χ1n) is 17.3. The van der Waals surface area contributed by atoms with Gasteiger partial charge in [0.15, 0.2) is 0 Å².